The normalized spacial score (nSPS) is 30.4. The molecule has 36 heavy (non-hydrogen) atoms. The Hall–Kier alpha value is -2.46. The lowest BCUT2D eigenvalue weighted by molar-refractivity contribution is -0.146. The summed E-state index contributed by atoms with van der Waals surface area (Å²) >= 11 is 0. The molecule has 2 aromatic carbocycles. The van der Waals surface area contributed by atoms with Crippen molar-refractivity contribution in [1.82, 2.24) is 9.80 Å². The highest BCUT2D eigenvalue weighted by molar-refractivity contribution is 5.89. The molecule has 1 aliphatic heterocycles. The fourth-order valence-electron chi connectivity index (χ4n) is 8.44. The van der Waals surface area contributed by atoms with Gasteiger partial charge in [0.25, 0.3) is 0 Å². The van der Waals surface area contributed by atoms with Gasteiger partial charge in [-0.3, -0.25) is 14.5 Å². The highest BCUT2D eigenvalue weighted by Crippen LogP contribution is 2.60. The summed E-state index contributed by atoms with van der Waals surface area (Å²) in [4.78, 5) is 31.1. The van der Waals surface area contributed by atoms with Gasteiger partial charge in [-0.25, -0.2) is 0 Å². The zero-order valence-electron chi connectivity index (χ0n) is 21.7. The van der Waals surface area contributed by atoms with Crippen molar-refractivity contribution in [2.45, 2.75) is 64.3 Å². The van der Waals surface area contributed by atoms with Gasteiger partial charge in [-0.2, -0.15) is 0 Å². The van der Waals surface area contributed by atoms with Gasteiger partial charge < -0.3 is 4.90 Å². The molecule has 0 aromatic heterocycles. The number of rotatable bonds is 7. The first-order valence-electron chi connectivity index (χ1n) is 14.2. The van der Waals surface area contributed by atoms with Gasteiger partial charge in [0.1, 0.15) is 5.78 Å². The fourth-order valence-corrected chi connectivity index (χ4v) is 8.44. The topological polar surface area (TPSA) is 40.6 Å². The number of hydrogen-bond donors (Lipinski definition) is 0. The van der Waals surface area contributed by atoms with E-state index in [1.165, 1.54) is 36.0 Å². The summed E-state index contributed by atoms with van der Waals surface area (Å²) in [6.07, 6.45) is 8.19. The maximum absolute atomic E-state index is 13.4. The Labute approximate surface area is 216 Å². The van der Waals surface area contributed by atoms with Crippen LogP contribution < -0.4 is 0 Å². The number of piperazine rings is 1. The number of carbonyl (C=O) groups is 2. The van der Waals surface area contributed by atoms with Gasteiger partial charge in [0.05, 0.1) is 6.04 Å². The number of hydrogen-bond acceptors (Lipinski definition) is 3. The van der Waals surface area contributed by atoms with Crippen molar-refractivity contribution in [3.63, 3.8) is 0 Å². The van der Waals surface area contributed by atoms with Crippen molar-refractivity contribution in [2.24, 2.45) is 23.2 Å². The molecule has 1 unspecified atom stereocenters. The number of benzene rings is 2. The van der Waals surface area contributed by atoms with Crippen LogP contribution in [0.4, 0.5) is 0 Å². The van der Waals surface area contributed by atoms with Crippen LogP contribution in [0.3, 0.4) is 0 Å². The molecule has 5 aliphatic rings. The largest absolute Gasteiger partial charge is 0.340 e. The van der Waals surface area contributed by atoms with Crippen molar-refractivity contribution in [1.29, 1.82) is 0 Å². The number of Topliss-reactive ketones (excluding diaryl/α,β-unsaturated/α-hetero) is 1. The van der Waals surface area contributed by atoms with E-state index in [9.17, 15) is 9.59 Å². The van der Waals surface area contributed by atoms with Crippen LogP contribution in [0.5, 0.6) is 0 Å². The van der Waals surface area contributed by atoms with Crippen LogP contribution in [-0.4, -0.2) is 47.7 Å². The SMILES string of the molecule is Cc1ccccc1C(c1ccccc1)N1CCN(C(=O)CCC(=O)C23CC4CC(CC(C4)C2)C3)CC1. The Morgan fingerprint density at radius 3 is 2.00 bits per heavy atom. The molecule has 7 rings (SSSR count). The Kier molecular flexibility index (Phi) is 6.49. The van der Waals surface area contributed by atoms with E-state index in [0.29, 0.717) is 18.6 Å². The van der Waals surface area contributed by atoms with E-state index in [1.807, 2.05) is 4.90 Å². The first kappa shape index (κ1) is 23.9. The van der Waals surface area contributed by atoms with Gasteiger partial charge in [0.15, 0.2) is 0 Å². The quantitative estimate of drug-likeness (QED) is 0.499. The second kappa shape index (κ2) is 9.78. The molecule has 4 bridgehead atoms. The Balaban J connectivity index is 1.07. The molecular formula is C32H40N2O2. The van der Waals surface area contributed by atoms with Crippen LogP contribution >= 0.6 is 0 Å². The van der Waals surface area contributed by atoms with E-state index in [0.717, 1.165) is 63.2 Å². The number of carbonyl (C=O) groups excluding carboxylic acids is 2. The van der Waals surface area contributed by atoms with Gasteiger partial charge in [0.2, 0.25) is 5.91 Å². The third-order valence-electron chi connectivity index (χ3n) is 9.83. The standard InChI is InChI=1S/C32H40N2O2/c1-23-7-5-6-10-28(23)31(27-8-3-2-4-9-27)34-15-13-33(14-16-34)30(36)12-11-29(35)32-20-24-17-25(21-32)19-26(18-24)22-32/h2-10,24-26,31H,11-22H2,1H3. The minimum atomic E-state index is -0.0792. The van der Waals surface area contributed by atoms with Crippen molar-refractivity contribution in [2.75, 3.05) is 26.2 Å². The lowest BCUT2D eigenvalue weighted by Gasteiger charge is -2.56. The zero-order chi connectivity index (χ0) is 24.7. The van der Waals surface area contributed by atoms with E-state index in [2.05, 4.69) is 66.4 Å². The fraction of sp³-hybridized carbons (Fsp3) is 0.562. The molecular weight excluding hydrogens is 444 g/mol. The lowest BCUT2D eigenvalue weighted by atomic mass is 9.48. The summed E-state index contributed by atoms with van der Waals surface area (Å²) < 4.78 is 0. The van der Waals surface area contributed by atoms with Crippen molar-refractivity contribution in [3.8, 4) is 0 Å². The molecule has 5 fully saturated rings. The Morgan fingerprint density at radius 2 is 1.39 bits per heavy atom. The summed E-state index contributed by atoms with van der Waals surface area (Å²) in [7, 11) is 0. The van der Waals surface area contributed by atoms with Crippen LogP contribution in [0.15, 0.2) is 54.6 Å². The summed E-state index contributed by atoms with van der Waals surface area (Å²) in [5.74, 6) is 2.89. The molecule has 0 radical (unpaired) electrons. The van der Waals surface area contributed by atoms with Crippen LogP contribution in [0.25, 0.3) is 0 Å². The first-order valence-corrected chi connectivity index (χ1v) is 14.2. The van der Waals surface area contributed by atoms with E-state index >= 15 is 0 Å². The van der Waals surface area contributed by atoms with E-state index < -0.39 is 0 Å². The summed E-state index contributed by atoms with van der Waals surface area (Å²) in [5.41, 5.74) is 3.86. The van der Waals surface area contributed by atoms with Gasteiger partial charge in [0, 0.05) is 44.4 Å². The van der Waals surface area contributed by atoms with Crippen LogP contribution in [0.1, 0.15) is 74.1 Å². The highest BCUT2D eigenvalue weighted by atomic mass is 16.2. The average Bonchev–Trinajstić information content (AvgIpc) is 2.88. The molecule has 4 saturated carbocycles. The van der Waals surface area contributed by atoms with E-state index in [1.54, 1.807) is 0 Å². The average molecular weight is 485 g/mol. The molecule has 1 amide bonds. The molecule has 4 aliphatic carbocycles. The summed E-state index contributed by atoms with van der Waals surface area (Å²) in [5, 5.41) is 0. The predicted molar refractivity (Wildman–Crippen MR) is 142 cm³/mol. The molecule has 190 valence electrons. The van der Waals surface area contributed by atoms with E-state index in [-0.39, 0.29) is 17.4 Å². The minimum absolute atomic E-state index is 0.0792. The molecule has 1 saturated heterocycles. The second-order valence-corrected chi connectivity index (χ2v) is 12.2. The van der Waals surface area contributed by atoms with Gasteiger partial charge >= 0.3 is 0 Å². The van der Waals surface area contributed by atoms with Crippen LogP contribution in [0.2, 0.25) is 0 Å². The van der Waals surface area contributed by atoms with Crippen LogP contribution in [0, 0.1) is 30.1 Å². The third-order valence-corrected chi connectivity index (χ3v) is 9.83. The summed E-state index contributed by atoms with van der Waals surface area (Å²) in [6.45, 7) is 5.36. The molecule has 1 atom stereocenters. The molecule has 4 heteroatoms. The minimum Gasteiger partial charge on any atom is -0.340 e. The Bertz CT molecular complexity index is 1070. The third kappa shape index (κ3) is 4.53. The molecule has 4 nitrogen and oxygen atoms in total. The summed E-state index contributed by atoms with van der Waals surface area (Å²) in [6, 6.07) is 19.6. The Morgan fingerprint density at radius 1 is 0.806 bits per heavy atom. The number of nitrogens with zero attached hydrogens (tertiary/aromatic N) is 2. The van der Waals surface area contributed by atoms with Gasteiger partial charge in [-0.1, -0.05) is 54.6 Å². The lowest BCUT2D eigenvalue weighted by Crippen LogP contribution is -2.51. The van der Waals surface area contributed by atoms with Crippen molar-refractivity contribution < 1.29 is 9.59 Å². The monoisotopic (exact) mass is 484 g/mol. The first-order chi connectivity index (χ1) is 17.5. The van der Waals surface area contributed by atoms with Gasteiger partial charge in [-0.15, -0.1) is 0 Å². The predicted octanol–water partition coefficient (Wildman–Crippen LogP) is 5.79. The number of amides is 1. The second-order valence-electron chi connectivity index (χ2n) is 12.2. The van der Waals surface area contributed by atoms with Crippen LogP contribution in [-0.2, 0) is 9.59 Å². The number of ketones is 1. The highest BCUT2D eigenvalue weighted by Gasteiger charge is 2.54. The zero-order valence-corrected chi connectivity index (χ0v) is 21.7. The van der Waals surface area contributed by atoms with Crippen molar-refractivity contribution in [3.05, 3.63) is 71.3 Å². The van der Waals surface area contributed by atoms with E-state index in [4.69, 9.17) is 0 Å². The maximum Gasteiger partial charge on any atom is 0.223 e. The molecule has 2 aromatic rings. The van der Waals surface area contributed by atoms with Crippen molar-refractivity contribution >= 4 is 11.7 Å². The number of aryl methyl sites for hydroxylation is 1. The maximum atomic E-state index is 13.4. The molecule has 0 spiro atoms. The van der Waals surface area contributed by atoms with Gasteiger partial charge in [-0.05, 0) is 79.9 Å². The molecule has 1 heterocycles. The smallest absolute Gasteiger partial charge is 0.223 e. The molecule has 0 N–H and O–H groups in total.